The Balaban J connectivity index is 0.000000211. The third-order valence-corrected chi connectivity index (χ3v) is 6.50. The average Bonchev–Trinajstić information content (AvgIpc) is 2.87. The van der Waals surface area contributed by atoms with Crippen molar-refractivity contribution in [2.24, 2.45) is 0 Å². The second-order valence-corrected chi connectivity index (χ2v) is 10.8. The van der Waals surface area contributed by atoms with Gasteiger partial charge in [0.05, 0.1) is 33.9 Å². The minimum atomic E-state index is -4.48. The molecular weight excluding hydrogens is 599 g/mol. The van der Waals surface area contributed by atoms with E-state index in [9.17, 15) is 13.2 Å². The van der Waals surface area contributed by atoms with Gasteiger partial charge in [-0.3, -0.25) is 0 Å². The highest BCUT2D eigenvalue weighted by Gasteiger charge is 2.33. The lowest BCUT2D eigenvalue weighted by atomic mass is 9.99. The molecule has 0 fully saturated rings. The summed E-state index contributed by atoms with van der Waals surface area (Å²) in [5.41, 5.74) is 3.13. The molecule has 0 atom stereocenters. The lowest BCUT2D eigenvalue weighted by Crippen LogP contribution is -2.05. The number of halogens is 8. The summed E-state index contributed by atoms with van der Waals surface area (Å²) in [6.45, 7) is 0. The van der Waals surface area contributed by atoms with Crippen LogP contribution < -0.4 is 0 Å². The third kappa shape index (κ3) is 7.14. The van der Waals surface area contributed by atoms with Gasteiger partial charge in [-0.2, -0.15) is 23.7 Å². The van der Waals surface area contributed by atoms with E-state index in [0.29, 0.717) is 32.8 Å². The number of hydrogen-bond acceptors (Lipinski definition) is 2. The van der Waals surface area contributed by atoms with Crippen molar-refractivity contribution in [3.63, 3.8) is 0 Å². The molecule has 0 saturated heterocycles. The van der Waals surface area contributed by atoms with E-state index in [1.165, 1.54) is 12.1 Å². The first-order chi connectivity index (χ1) is 17.9. The minimum absolute atomic E-state index is 0.352. The van der Waals surface area contributed by atoms with Gasteiger partial charge >= 0.3 is 6.18 Å². The summed E-state index contributed by atoms with van der Waals surface area (Å²) in [5, 5.41) is 18.0. The maximum atomic E-state index is 12.6. The Bertz CT molecular complexity index is 1430. The van der Waals surface area contributed by atoms with Crippen LogP contribution in [0.2, 0.25) is 10.0 Å². The smallest absolute Gasteiger partial charge is 0.192 e. The largest absolute Gasteiger partial charge is 0.417 e. The van der Waals surface area contributed by atoms with Gasteiger partial charge < -0.3 is 0 Å². The second kappa shape index (κ2) is 12.3. The maximum absolute atomic E-state index is 12.6. The second-order valence-electron chi connectivity index (χ2n) is 7.70. The number of hydrogen-bond donors (Lipinski definition) is 0. The lowest BCUT2D eigenvalue weighted by molar-refractivity contribution is -0.137. The molecule has 0 amide bonds. The molecule has 0 bridgehead atoms. The molecule has 0 unspecified atom stereocenters. The van der Waals surface area contributed by atoms with Gasteiger partial charge in [0, 0.05) is 10.6 Å². The van der Waals surface area contributed by atoms with Gasteiger partial charge in [-0.15, -0.1) is 0 Å². The van der Waals surface area contributed by atoms with E-state index in [-0.39, 0.29) is 5.02 Å². The summed E-state index contributed by atoms with van der Waals surface area (Å²) in [4.78, 5) is 0. The van der Waals surface area contributed by atoms with Crippen molar-refractivity contribution in [1.82, 2.24) is 0 Å². The van der Waals surface area contributed by atoms with Crippen LogP contribution in [0.15, 0.2) is 84.9 Å². The van der Waals surface area contributed by atoms with Gasteiger partial charge in [0.15, 0.2) is 0 Å². The fraction of sp³-hybridized carbons (Fsp3) is 0.0714. The van der Waals surface area contributed by atoms with Crippen LogP contribution in [0.5, 0.6) is 0 Å². The summed E-state index contributed by atoms with van der Waals surface area (Å²) in [7, 11) is 0. The highest BCUT2D eigenvalue weighted by molar-refractivity contribution is 6.67. The molecule has 2 nitrogen and oxygen atoms in total. The summed E-state index contributed by atoms with van der Waals surface area (Å²) in [6.07, 6.45) is -4.48. The van der Waals surface area contributed by atoms with Crippen LogP contribution in [-0.4, -0.2) is 0 Å². The summed E-state index contributed by atoms with van der Waals surface area (Å²) < 4.78 is 36.2. The van der Waals surface area contributed by atoms with Crippen molar-refractivity contribution in [3.8, 4) is 34.4 Å². The minimum Gasteiger partial charge on any atom is -0.192 e. The number of benzene rings is 4. The molecule has 4 rings (SSSR count). The zero-order valence-corrected chi connectivity index (χ0v) is 22.8. The van der Waals surface area contributed by atoms with Crippen LogP contribution in [0.3, 0.4) is 0 Å². The molecule has 192 valence electrons. The van der Waals surface area contributed by atoms with E-state index in [0.717, 1.165) is 17.2 Å². The van der Waals surface area contributed by atoms with Crippen molar-refractivity contribution in [3.05, 3.63) is 117 Å². The van der Waals surface area contributed by atoms with Gasteiger partial charge in [0.1, 0.15) is 0 Å². The molecule has 0 radical (unpaired) electrons. The highest BCUT2D eigenvalue weighted by atomic mass is 35.6. The number of rotatable bonds is 2. The van der Waals surface area contributed by atoms with Crippen molar-refractivity contribution in [2.75, 3.05) is 0 Å². The van der Waals surface area contributed by atoms with E-state index >= 15 is 0 Å². The van der Waals surface area contributed by atoms with Crippen molar-refractivity contribution in [2.45, 2.75) is 9.97 Å². The topological polar surface area (TPSA) is 47.6 Å². The van der Waals surface area contributed by atoms with Crippen molar-refractivity contribution < 1.29 is 13.2 Å². The van der Waals surface area contributed by atoms with Crippen LogP contribution in [0.4, 0.5) is 13.2 Å². The molecule has 0 aromatic heterocycles. The molecular formula is C28H14Cl5F3N2. The molecule has 0 spiro atoms. The molecule has 38 heavy (non-hydrogen) atoms. The van der Waals surface area contributed by atoms with Crippen LogP contribution in [0.25, 0.3) is 22.3 Å². The van der Waals surface area contributed by atoms with Gasteiger partial charge in [0.2, 0.25) is 3.79 Å². The zero-order chi connectivity index (χ0) is 28.1. The van der Waals surface area contributed by atoms with Crippen LogP contribution >= 0.6 is 58.0 Å². The third-order valence-electron chi connectivity index (χ3n) is 5.27. The molecule has 0 aliphatic rings. The molecule has 0 N–H and O–H groups in total. The maximum Gasteiger partial charge on any atom is 0.417 e. The molecule has 10 heteroatoms. The predicted octanol–water partition coefficient (Wildman–Crippen LogP) is 10.6. The number of alkyl halides is 6. The van der Waals surface area contributed by atoms with Gasteiger partial charge in [-0.05, 0) is 52.6 Å². The monoisotopic (exact) mass is 610 g/mol. The molecule has 0 aliphatic carbocycles. The Morgan fingerprint density at radius 2 is 0.974 bits per heavy atom. The first-order valence-corrected chi connectivity index (χ1v) is 12.5. The lowest BCUT2D eigenvalue weighted by Gasteiger charge is -2.14. The van der Waals surface area contributed by atoms with Gasteiger partial charge in [-0.25, -0.2) is 0 Å². The molecule has 4 aromatic carbocycles. The molecule has 0 aliphatic heterocycles. The fourth-order valence-electron chi connectivity index (χ4n) is 3.49. The van der Waals surface area contributed by atoms with E-state index in [1.807, 2.05) is 18.2 Å². The standard InChI is InChI=1S/C14H7Cl4N.C14H7ClF3N/c2*15-13-7-9(5-6-12(13)14(16,17)18)11-4-2-1-3-10(11)8-19/h2*1-7H. The molecule has 0 saturated carbocycles. The molecule has 0 heterocycles. The zero-order valence-electron chi connectivity index (χ0n) is 19.0. The Morgan fingerprint density at radius 3 is 1.32 bits per heavy atom. The Hall–Kier alpha value is -2.90. The first-order valence-electron chi connectivity index (χ1n) is 10.6. The predicted molar refractivity (Wildman–Crippen MR) is 147 cm³/mol. The average molecular weight is 613 g/mol. The van der Waals surface area contributed by atoms with E-state index in [1.54, 1.807) is 54.6 Å². The van der Waals surface area contributed by atoms with Crippen molar-refractivity contribution >= 4 is 58.0 Å². The van der Waals surface area contributed by atoms with Gasteiger partial charge in [-0.1, -0.05) is 113 Å². The number of nitriles is 2. The van der Waals surface area contributed by atoms with Crippen LogP contribution in [0.1, 0.15) is 22.3 Å². The quantitative estimate of drug-likeness (QED) is 0.212. The van der Waals surface area contributed by atoms with Crippen LogP contribution in [-0.2, 0) is 9.97 Å². The molecule has 4 aromatic rings. The summed E-state index contributed by atoms with van der Waals surface area (Å²) in [5.74, 6) is 0. The Morgan fingerprint density at radius 1 is 0.579 bits per heavy atom. The Kier molecular flexibility index (Phi) is 9.60. The van der Waals surface area contributed by atoms with Crippen LogP contribution in [0, 0.1) is 22.7 Å². The van der Waals surface area contributed by atoms with E-state index in [4.69, 9.17) is 68.5 Å². The van der Waals surface area contributed by atoms with Crippen molar-refractivity contribution in [1.29, 1.82) is 10.5 Å². The fourth-order valence-corrected chi connectivity index (χ4v) is 4.74. The van der Waals surface area contributed by atoms with E-state index < -0.39 is 15.5 Å². The first kappa shape index (κ1) is 29.7. The Labute approximate surface area is 242 Å². The summed E-state index contributed by atoms with van der Waals surface area (Å²) >= 11 is 29.2. The SMILES string of the molecule is N#Cc1ccccc1-c1ccc(C(Cl)(Cl)Cl)c(Cl)c1.N#Cc1ccccc1-c1ccc(C(F)(F)F)c(Cl)c1. The normalized spacial score (nSPS) is 11.1. The highest BCUT2D eigenvalue weighted by Crippen LogP contribution is 2.43. The van der Waals surface area contributed by atoms with E-state index in [2.05, 4.69) is 6.07 Å². The van der Waals surface area contributed by atoms with Gasteiger partial charge in [0.25, 0.3) is 0 Å². The summed E-state index contributed by atoms with van der Waals surface area (Å²) in [6, 6.07) is 26.6. The number of nitrogens with zero attached hydrogens (tertiary/aromatic N) is 2.